The van der Waals surface area contributed by atoms with Gasteiger partial charge in [0.1, 0.15) is 11.4 Å². The number of fused-ring (bicyclic) bond motifs is 5. The second-order valence-corrected chi connectivity index (χ2v) is 16.2. The number of nitrogens with one attached hydrogen (secondary N) is 1. The van der Waals surface area contributed by atoms with Crippen molar-refractivity contribution in [2.45, 2.75) is 109 Å². The maximum atomic E-state index is 12.9. The lowest BCUT2D eigenvalue weighted by molar-refractivity contribution is -0.125. The number of amides is 1. The molecule has 1 aliphatic heterocycles. The highest BCUT2D eigenvalue weighted by molar-refractivity contribution is 5.96. The molecule has 0 spiro atoms. The maximum Gasteiger partial charge on any atom is 0.260 e. The highest BCUT2D eigenvalue weighted by atomic mass is 16.6. The Balaban J connectivity index is 1.04. The van der Waals surface area contributed by atoms with Gasteiger partial charge in [-0.2, -0.15) is 0 Å². The zero-order valence-corrected chi connectivity index (χ0v) is 29.6. The maximum absolute atomic E-state index is 12.9. The Labute approximate surface area is 282 Å². The number of likely N-dealkylation sites (tertiary alicyclic amines) is 1. The van der Waals surface area contributed by atoms with Gasteiger partial charge in [-0.05, 0) is 131 Å². The molecule has 5 aliphatic rings. The van der Waals surface area contributed by atoms with Crippen LogP contribution in [0.2, 0.25) is 0 Å². The molecule has 1 aromatic carbocycles. The molecule has 3 saturated carbocycles. The van der Waals surface area contributed by atoms with E-state index < -0.39 is 5.60 Å². The lowest BCUT2D eigenvalue weighted by Crippen LogP contribution is -2.54. The fourth-order valence-electron chi connectivity index (χ4n) is 11.0. The first-order valence-electron chi connectivity index (χ1n) is 18.1. The first kappa shape index (κ1) is 34.1. The summed E-state index contributed by atoms with van der Waals surface area (Å²) in [6, 6.07) is 8.95. The summed E-state index contributed by atoms with van der Waals surface area (Å²) in [6.07, 6.45) is 18.0. The number of ether oxygens (including phenoxy) is 1. The quantitative estimate of drug-likeness (QED) is 0.250. The van der Waals surface area contributed by atoms with Gasteiger partial charge in [-0.3, -0.25) is 4.79 Å². The molecule has 1 aromatic rings. The minimum absolute atomic E-state index is 0.0241. The summed E-state index contributed by atoms with van der Waals surface area (Å²) >= 11 is 0. The summed E-state index contributed by atoms with van der Waals surface area (Å²) in [5.41, 5.74) is 2.74. The summed E-state index contributed by atoms with van der Waals surface area (Å²) in [6.45, 7) is 10.9. The summed E-state index contributed by atoms with van der Waals surface area (Å²) < 4.78 is 5.42. The molecule has 7 nitrogen and oxygen atoms in total. The molecule has 256 valence electrons. The number of carbonyl (C=O) groups is 1. The molecule has 6 rings (SSSR count). The number of carbonyl (C=O) groups excluding carboxylic acids is 1. The third-order valence-electron chi connectivity index (χ3n) is 14.2. The van der Waals surface area contributed by atoms with Crippen molar-refractivity contribution in [3.63, 3.8) is 0 Å². The number of hydrogen-bond acceptors (Lipinski definition) is 6. The van der Waals surface area contributed by atoms with E-state index in [2.05, 4.69) is 74.2 Å². The van der Waals surface area contributed by atoms with E-state index in [1.807, 2.05) is 12.1 Å². The Morgan fingerprint density at radius 3 is 2.57 bits per heavy atom. The van der Waals surface area contributed by atoms with Gasteiger partial charge in [0.2, 0.25) is 0 Å². The number of piperidine rings is 1. The van der Waals surface area contributed by atoms with Crippen molar-refractivity contribution in [2.75, 3.05) is 33.9 Å². The van der Waals surface area contributed by atoms with E-state index in [1.165, 1.54) is 11.1 Å². The predicted octanol–water partition coefficient (Wildman–Crippen LogP) is 6.50. The van der Waals surface area contributed by atoms with Crippen LogP contribution in [-0.4, -0.2) is 67.1 Å². The van der Waals surface area contributed by atoms with E-state index in [0.29, 0.717) is 36.3 Å². The standard InChI is InChI=1S/C40H57N3O4/c1-8-40(45)20-17-35-33-14-11-30-23-31(15-18-37(30,4)34(33)16-19-38(35,40)5)42-47-26-36(44)41-22-21-39(24-28(3)43(6)25-27(39)2)29-9-12-32(46-7)13-10-29/h1,9-10,12-13,23,27-28,33-35,45H,11,14-22,24-26H2,2-7H3,(H,41,44)/b42-31-/t27-,28-,33-,34+,35+,37+,38+,39+,40+/m1/s1. The number of hydrogen-bond donors (Lipinski definition) is 2. The zero-order chi connectivity index (χ0) is 33.6. The fourth-order valence-corrected chi connectivity index (χ4v) is 11.0. The van der Waals surface area contributed by atoms with Gasteiger partial charge in [0, 0.05) is 30.0 Å². The van der Waals surface area contributed by atoms with E-state index in [9.17, 15) is 9.90 Å². The third kappa shape index (κ3) is 5.82. The molecule has 0 aromatic heterocycles. The molecule has 7 heteroatoms. The van der Waals surface area contributed by atoms with Crippen LogP contribution < -0.4 is 10.1 Å². The van der Waals surface area contributed by atoms with Crippen molar-refractivity contribution in [3.05, 3.63) is 41.5 Å². The summed E-state index contributed by atoms with van der Waals surface area (Å²) in [5.74, 6) is 5.70. The van der Waals surface area contributed by atoms with Gasteiger partial charge < -0.3 is 24.9 Å². The normalized spacial score (nSPS) is 40.8. The van der Waals surface area contributed by atoms with E-state index in [-0.39, 0.29) is 28.8 Å². The summed E-state index contributed by atoms with van der Waals surface area (Å²) in [7, 11) is 3.90. The van der Waals surface area contributed by atoms with Gasteiger partial charge in [0.25, 0.3) is 5.91 Å². The number of allylic oxidation sites excluding steroid dienone is 2. The van der Waals surface area contributed by atoms with Crippen LogP contribution in [0.25, 0.3) is 0 Å². The molecule has 2 N–H and O–H groups in total. The Hall–Kier alpha value is -2.82. The molecular weight excluding hydrogens is 586 g/mol. The zero-order valence-electron chi connectivity index (χ0n) is 29.6. The summed E-state index contributed by atoms with van der Waals surface area (Å²) in [5, 5.41) is 18.9. The van der Waals surface area contributed by atoms with E-state index in [1.54, 1.807) is 7.11 Å². The van der Waals surface area contributed by atoms with E-state index in [4.69, 9.17) is 16.0 Å². The lowest BCUT2D eigenvalue weighted by atomic mass is 9.46. The average molecular weight is 644 g/mol. The Morgan fingerprint density at radius 2 is 1.85 bits per heavy atom. The smallest absolute Gasteiger partial charge is 0.260 e. The SMILES string of the molecule is C#C[C@]1(O)CC[C@H]2[C@@H]3CCC4=C/C(=N\OCC(=O)NCC[C@]5(c6ccc(OC)cc6)C[C@@H](C)N(C)C[C@H]5C)CC[C@]4(C)[C@H]3CC[C@@]21C. The van der Waals surface area contributed by atoms with Crippen LogP contribution >= 0.6 is 0 Å². The van der Waals surface area contributed by atoms with Crippen LogP contribution in [0.4, 0.5) is 0 Å². The lowest BCUT2D eigenvalue weighted by Gasteiger charge is -2.58. The predicted molar refractivity (Wildman–Crippen MR) is 187 cm³/mol. The topological polar surface area (TPSA) is 83.4 Å². The average Bonchev–Trinajstić information content (AvgIpc) is 3.34. The number of nitrogens with zero attached hydrogens (tertiary/aromatic N) is 2. The second kappa shape index (κ2) is 12.9. The highest BCUT2D eigenvalue weighted by Gasteiger charge is 2.63. The van der Waals surface area contributed by atoms with Crippen molar-refractivity contribution >= 4 is 11.6 Å². The molecular formula is C40H57N3O4. The van der Waals surface area contributed by atoms with Crippen LogP contribution in [0.5, 0.6) is 5.75 Å². The number of rotatable bonds is 8. The first-order valence-corrected chi connectivity index (χ1v) is 18.1. The Morgan fingerprint density at radius 1 is 1.11 bits per heavy atom. The van der Waals surface area contributed by atoms with Crippen LogP contribution in [-0.2, 0) is 15.0 Å². The first-order chi connectivity index (χ1) is 22.4. The van der Waals surface area contributed by atoms with Gasteiger partial charge in [-0.1, -0.05) is 49.6 Å². The van der Waals surface area contributed by atoms with E-state index >= 15 is 0 Å². The second-order valence-electron chi connectivity index (χ2n) is 16.2. The van der Waals surface area contributed by atoms with Crippen molar-refractivity contribution in [2.24, 2.45) is 39.7 Å². The summed E-state index contributed by atoms with van der Waals surface area (Å²) in [4.78, 5) is 21.0. The monoisotopic (exact) mass is 643 g/mol. The van der Waals surface area contributed by atoms with Gasteiger partial charge in [-0.15, -0.1) is 6.42 Å². The Bertz CT molecular complexity index is 1430. The number of oxime groups is 1. The van der Waals surface area contributed by atoms with Gasteiger partial charge in [0.15, 0.2) is 6.61 Å². The van der Waals surface area contributed by atoms with Gasteiger partial charge in [0.05, 0.1) is 12.8 Å². The number of terminal acetylenes is 1. The molecule has 0 bridgehead atoms. The molecule has 1 saturated heterocycles. The van der Waals surface area contributed by atoms with Gasteiger partial charge in [-0.25, -0.2) is 0 Å². The van der Waals surface area contributed by atoms with Crippen LogP contribution in [0.15, 0.2) is 41.1 Å². The molecule has 4 fully saturated rings. The number of benzene rings is 1. The van der Waals surface area contributed by atoms with Crippen molar-refractivity contribution in [3.8, 4) is 18.1 Å². The molecule has 1 amide bonds. The van der Waals surface area contributed by atoms with Crippen molar-refractivity contribution in [1.82, 2.24) is 10.2 Å². The van der Waals surface area contributed by atoms with Crippen molar-refractivity contribution in [1.29, 1.82) is 0 Å². The van der Waals surface area contributed by atoms with Crippen molar-refractivity contribution < 1.29 is 19.5 Å². The minimum atomic E-state index is -0.961. The molecule has 47 heavy (non-hydrogen) atoms. The van der Waals surface area contributed by atoms with Crippen LogP contribution in [0.3, 0.4) is 0 Å². The van der Waals surface area contributed by atoms with E-state index in [0.717, 1.165) is 82.2 Å². The number of aliphatic hydroxyl groups is 1. The minimum Gasteiger partial charge on any atom is -0.497 e. The molecule has 0 unspecified atom stereocenters. The van der Waals surface area contributed by atoms with Gasteiger partial charge >= 0.3 is 0 Å². The fraction of sp³-hybridized carbons (Fsp3) is 0.700. The third-order valence-corrected chi connectivity index (χ3v) is 14.2. The molecule has 4 aliphatic carbocycles. The van der Waals surface area contributed by atoms with Crippen LogP contribution in [0, 0.1) is 46.8 Å². The molecule has 9 atom stereocenters. The molecule has 0 radical (unpaired) electrons. The Kier molecular flexibility index (Phi) is 9.35. The van der Waals surface area contributed by atoms with Crippen LogP contribution in [0.1, 0.15) is 97.5 Å². The largest absolute Gasteiger partial charge is 0.497 e. The highest BCUT2D eigenvalue weighted by Crippen LogP contribution is 2.67. The molecule has 1 heterocycles. The number of methoxy groups -OCH3 is 1.